The minimum absolute atomic E-state index is 0.374. The van der Waals surface area contributed by atoms with E-state index in [0.717, 1.165) is 17.9 Å². The number of hydrogen-bond donors (Lipinski definition) is 0. The number of anilines is 1. The number of benzene rings is 1. The van der Waals surface area contributed by atoms with Gasteiger partial charge in [0, 0.05) is 0 Å². The van der Waals surface area contributed by atoms with Crippen LogP contribution in [-0.2, 0) is 9.94 Å². The van der Waals surface area contributed by atoms with Crippen molar-refractivity contribution in [3.63, 3.8) is 0 Å². The van der Waals surface area contributed by atoms with Crippen LogP contribution in [0.1, 0.15) is 19.8 Å². The van der Waals surface area contributed by atoms with Gasteiger partial charge in [-0.2, -0.15) is 5.06 Å². The van der Waals surface area contributed by atoms with Crippen LogP contribution in [0.2, 0.25) is 0 Å². The number of para-hydroxylation sites is 1. The first-order chi connectivity index (χ1) is 7.25. The van der Waals surface area contributed by atoms with Gasteiger partial charge in [0.25, 0.3) is 0 Å². The van der Waals surface area contributed by atoms with E-state index in [1.54, 1.807) is 24.3 Å². The summed E-state index contributed by atoms with van der Waals surface area (Å²) < 4.78 is 0. The topological polar surface area (TPSA) is 49.4 Å². The van der Waals surface area contributed by atoms with Gasteiger partial charge in [-0.05, 0) is 18.6 Å². The first-order valence-corrected chi connectivity index (χ1v) is 4.94. The van der Waals surface area contributed by atoms with Gasteiger partial charge in [-0.25, -0.2) is 9.90 Å². The summed E-state index contributed by atoms with van der Waals surface area (Å²) in [6.07, 6.45) is 0.420. The second-order valence-electron chi connectivity index (χ2n) is 3.08. The molecule has 0 spiro atoms. The van der Waals surface area contributed by atoms with Gasteiger partial charge >= 0.3 is 6.09 Å². The summed E-state index contributed by atoms with van der Waals surface area (Å²) in [6, 6.07) is 8.61. The zero-order valence-electron chi connectivity index (χ0n) is 8.68. The molecule has 0 unspecified atom stereocenters. The van der Waals surface area contributed by atoms with Gasteiger partial charge < -0.3 is 0 Å². The first kappa shape index (κ1) is 11.5. The summed E-state index contributed by atoms with van der Waals surface area (Å²) >= 11 is 0. The molecule has 0 bridgehead atoms. The average molecular weight is 208 g/mol. The molecule has 0 heterocycles. The molecule has 81 valence electrons. The van der Waals surface area contributed by atoms with Crippen molar-refractivity contribution in [3.05, 3.63) is 30.3 Å². The number of rotatable bonds is 5. The van der Waals surface area contributed by atoms with Crippen molar-refractivity contribution in [1.82, 2.24) is 0 Å². The summed E-state index contributed by atoms with van der Waals surface area (Å²) in [5.74, 6) is 0. The van der Waals surface area contributed by atoms with Crippen LogP contribution in [0, 0.1) is 0 Å². The van der Waals surface area contributed by atoms with Crippen LogP contribution in [0.15, 0.2) is 30.3 Å². The van der Waals surface area contributed by atoms with Crippen LogP contribution >= 0.6 is 0 Å². The van der Waals surface area contributed by atoms with Crippen LogP contribution in [-0.4, -0.2) is 12.7 Å². The summed E-state index contributed by atoms with van der Waals surface area (Å²) in [7, 11) is 0. The molecule has 4 nitrogen and oxygen atoms in total. The second kappa shape index (κ2) is 6.03. The van der Waals surface area contributed by atoms with Crippen LogP contribution < -0.4 is 5.06 Å². The Balaban J connectivity index is 2.62. The normalized spacial score (nSPS) is 9.93. The Morgan fingerprint density at radius 1 is 1.33 bits per heavy atom. The van der Waals surface area contributed by atoms with Crippen molar-refractivity contribution in [2.24, 2.45) is 0 Å². The SMILES string of the molecule is CCCCON(C([O])=O)c1ccccc1. The predicted octanol–water partition coefficient (Wildman–Crippen LogP) is 2.78. The van der Waals surface area contributed by atoms with E-state index < -0.39 is 6.09 Å². The maximum Gasteiger partial charge on any atom is 0.481 e. The molecule has 0 fully saturated rings. The third-order valence-electron chi connectivity index (χ3n) is 1.87. The zero-order valence-corrected chi connectivity index (χ0v) is 8.68. The van der Waals surface area contributed by atoms with E-state index >= 15 is 0 Å². The molecular weight excluding hydrogens is 194 g/mol. The molecule has 0 aliphatic heterocycles. The maximum atomic E-state index is 10.8. The Morgan fingerprint density at radius 2 is 2.00 bits per heavy atom. The second-order valence-corrected chi connectivity index (χ2v) is 3.08. The molecule has 4 heteroatoms. The first-order valence-electron chi connectivity index (χ1n) is 4.94. The van der Waals surface area contributed by atoms with E-state index in [1.165, 1.54) is 0 Å². The van der Waals surface area contributed by atoms with Gasteiger partial charge in [-0.1, -0.05) is 31.5 Å². The van der Waals surface area contributed by atoms with Crippen molar-refractivity contribution in [1.29, 1.82) is 0 Å². The van der Waals surface area contributed by atoms with Crippen LogP contribution in [0.3, 0.4) is 0 Å². The molecule has 0 atom stereocenters. The minimum Gasteiger partial charge on any atom is -0.263 e. The average Bonchev–Trinajstić information content (AvgIpc) is 2.25. The highest BCUT2D eigenvalue weighted by molar-refractivity contribution is 5.83. The number of amides is 1. The fourth-order valence-electron chi connectivity index (χ4n) is 1.10. The highest BCUT2D eigenvalue weighted by Crippen LogP contribution is 2.14. The van der Waals surface area contributed by atoms with Crippen molar-refractivity contribution < 1.29 is 14.7 Å². The van der Waals surface area contributed by atoms with Gasteiger partial charge in [0.1, 0.15) is 0 Å². The van der Waals surface area contributed by atoms with Crippen LogP contribution in [0.25, 0.3) is 0 Å². The molecule has 1 amide bonds. The molecule has 1 aromatic carbocycles. The standard InChI is InChI=1S/C11H14NO3/c1-2-3-9-15-12(11(13)14)10-7-5-4-6-8-10/h4-8H,2-3,9H2,1H3. The van der Waals surface area contributed by atoms with Crippen LogP contribution in [0.5, 0.6) is 0 Å². The summed E-state index contributed by atoms with van der Waals surface area (Å²) in [4.78, 5) is 15.9. The number of carbonyl (C=O) groups is 1. The fraction of sp³-hybridized carbons (Fsp3) is 0.364. The predicted molar refractivity (Wildman–Crippen MR) is 55.9 cm³/mol. The van der Waals surface area contributed by atoms with Crippen molar-refractivity contribution >= 4 is 11.8 Å². The molecule has 0 N–H and O–H groups in total. The number of hydroxylamine groups is 1. The summed E-state index contributed by atoms with van der Waals surface area (Å²) in [5, 5.41) is 11.6. The van der Waals surface area contributed by atoms with Gasteiger partial charge in [-0.3, -0.25) is 4.84 Å². The molecule has 0 aliphatic carbocycles. The Bertz CT molecular complexity index is 300. The van der Waals surface area contributed by atoms with E-state index in [4.69, 9.17) is 4.84 Å². The Kier molecular flexibility index (Phi) is 4.63. The van der Waals surface area contributed by atoms with Gasteiger partial charge in [0.05, 0.1) is 12.3 Å². The smallest absolute Gasteiger partial charge is 0.263 e. The maximum absolute atomic E-state index is 10.8. The third kappa shape index (κ3) is 3.59. The summed E-state index contributed by atoms with van der Waals surface area (Å²) in [5.41, 5.74) is 0.466. The van der Waals surface area contributed by atoms with Crippen LogP contribution in [0.4, 0.5) is 10.5 Å². The lowest BCUT2D eigenvalue weighted by Crippen LogP contribution is -2.28. The molecule has 0 saturated carbocycles. The molecular formula is C11H14NO3. The highest BCUT2D eigenvalue weighted by atomic mass is 16.7. The quantitative estimate of drug-likeness (QED) is 0.551. The zero-order chi connectivity index (χ0) is 11.1. The lowest BCUT2D eigenvalue weighted by Gasteiger charge is -2.16. The van der Waals surface area contributed by atoms with Gasteiger partial charge in [-0.15, -0.1) is 0 Å². The largest absolute Gasteiger partial charge is 0.481 e. The van der Waals surface area contributed by atoms with Gasteiger partial charge in [0.2, 0.25) is 0 Å². The van der Waals surface area contributed by atoms with Crippen molar-refractivity contribution in [3.8, 4) is 0 Å². The molecule has 0 aliphatic rings. The monoisotopic (exact) mass is 208 g/mol. The molecule has 0 aromatic heterocycles. The van der Waals surface area contributed by atoms with E-state index in [2.05, 4.69) is 0 Å². The van der Waals surface area contributed by atoms with Gasteiger partial charge in [0.15, 0.2) is 0 Å². The Labute approximate surface area is 89.0 Å². The Morgan fingerprint density at radius 3 is 2.53 bits per heavy atom. The van der Waals surface area contributed by atoms with Crippen molar-refractivity contribution in [2.75, 3.05) is 11.7 Å². The fourth-order valence-corrected chi connectivity index (χ4v) is 1.10. The molecule has 1 radical (unpaired) electrons. The number of unbranched alkanes of at least 4 members (excludes halogenated alkanes) is 1. The minimum atomic E-state index is -1.35. The van der Waals surface area contributed by atoms with Crippen molar-refractivity contribution in [2.45, 2.75) is 19.8 Å². The molecule has 1 rings (SSSR count). The molecule has 15 heavy (non-hydrogen) atoms. The highest BCUT2D eigenvalue weighted by Gasteiger charge is 2.16. The third-order valence-corrected chi connectivity index (χ3v) is 1.87. The Hall–Kier alpha value is -1.55. The van der Waals surface area contributed by atoms with E-state index in [-0.39, 0.29) is 0 Å². The number of carbonyl (C=O) groups excluding carboxylic acids is 1. The molecule has 0 saturated heterocycles. The van der Waals surface area contributed by atoms with E-state index in [1.807, 2.05) is 13.0 Å². The summed E-state index contributed by atoms with van der Waals surface area (Å²) in [6.45, 7) is 2.38. The van der Waals surface area contributed by atoms with E-state index in [0.29, 0.717) is 12.3 Å². The number of hydrogen-bond acceptors (Lipinski definition) is 2. The molecule has 1 aromatic rings. The number of nitrogens with zero attached hydrogens (tertiary/aromatic N) is 1. The lowest BCUT2D eigenvalue weighted by molar-refractivity contribution is 0.0812. The lowest BCUT2D eigenvalue weighted by atomic mass is 10.3. The van der Waals surface area contributed by atoms with E-state index in [9.17, 15) is 9.90 Å².